The number of anilines is 1. The Morgan fingerprint density at radius 3 is 2.61 bits per heavy atom. The first-order chi connectivity index (χ1) is 14.8. The highest BCUT2D eigenvalue weighted by molar-refractivity contribution is 5.87. The number of aromatic nitrogens is 3. The molecule has 0 spiro atoms. The minimum atomic E-state index is -1.40. The Kier molecular flexibility index (Phi) is 6.00. The van der Waals surface area contributed by atoms with Gasteiger partial charge in [0, 0.05) is 29.9 Å². The van der Waals surface area contributed by atoms with E-state index in [0.29, 0.717) is 47.0 Å². The molecule has 3 heterocycles. The Morgan fingerprint density at radius 2 is 1.90 bits per heavy atom. The van der Waals surface area contributed by atoms with Crippen LogP contribution in [0.25, 0.3) is 11.0 Å². The number of ether oxygens (including phenoxy) is 1. The number of aromatic amines is 1. The number of alkyl halides is 1. The van der Waals surface area contributed by atoms with Crippen LogP contribution in [0.3, 0.4) is 0 Å². The van der Waals surface area contributed by atoms with E-state index in [1.165, 1.54) is 13.0 Å². The molecule has 2 aromatic heterocycles. The Balaban J connectivity index is 1.75. The summed E-state index contributed by atoms with van der Waals surface area (Å²) in [6.07, 6.45) is 0.154. The molecule has 2 N–H and O–H groups in total. The fourth-order valence-electron chi connectivity index (χ4n) is 4.13. The molecule has 6 nitrogen and oxygen atoms in total. The van der Waals surface area contributed by atoms with E-state index in [4.69, 9.17) is 4.74 Å². The molecule has 1 fully saturated rings. The van der Waals surface area contributed by atoms with Crippen LogP contribution in [-0.2, 0) is 4.74 Å². The molecule has 1 saturated heterocycles. The van der Waals surface area contributed by atoms with Crippen molar-refractivity contribution in [1.29, 1.82) is 0 Å². The van der Waals surface area contributed by atoms with E-state index in [2.05, 4.69) is 20.3 Å². The van der Waals surface area contributed by atoms with Gasteiger partial charge in [-0.05, 0) is 45.6 Å². The van der Waals surface area contributed by atoms with Gasteiger partial charge in [0.2, 0.25) is 0 Å². The molecule has 3 aromatic rings. The van der Waals surface area contributed by atoms with Crippen molar-refractivity contribution in [3.05, 3.63) is 63.0 Å². The van der Waals surface area contributed by atoms with E-state index in [9.17, 15) is 13.6 Å². The van der Waals surface area contributed by atoms with E-state index in [1.54, 1.807) is 26.0 Å². The highest BCUT2D eigenvalue weighted by Gasteiger charge is 2.22. The summed E-state index contributed by atoms with van der Waals surface area (Å²) in [5.74, 6) is 0.512. The lowest BCUT2D eigenvalue weighted by molar-refractivity contribution is 0.0851. The van der Waals surface area contributed by atoms with Gasteiger partial charge in [0.15, 0.2) is 0 Å². The first-order valence-corrected chi connectivity index (χ1v) is 10.5. The van der Waals surface area contributed by atoms with Crippen molar-refractivity contribution in [2.24, 2.45) is 0 Å². The Morgan fingerprint density at radius 1 is 1.19 bits per heavy atom. The van der Waals surface area contributed by atoms with Gasteiger partial charge in [-0.25, -0.2) is 18.7 Å². The number of aryl methyl sites for hydroxylation is 1. The van der Waals surface area contributed by atoms with Gasteiger partial charge in [-0.2, -0.15) is 0 Å². The average Bonchev–Trinajstić information content (AvgIpc) is 2.73. The van der Waals surface area contributed by atoms with Crippen LogP contribution < -0.4 is 10.9 Å². The van der Waals surface area contributed by atoms with Crippen molar-refractivity contribution in [3.8, 4) is 0 Å². The summed E-state index contributed by atoms with van der Waals surface area (Å²) in [5.41, 5.74) is 1.32. The molecule has 1 unspecified atom stereocenters. The fraction of sp³-hybridized carbons (Fsp3) is 0.435. The highest BCUT2D eigenvalue weighted by atomic mass is 19.1. The summed E-state index contributed by atoms with van der Waals surface area (Å²) in [6.45, 7) is 6.08. The van der Waals surface area contributed by atoms with Crippen LogP contribution in [0, 0.1) is 12.7 Å². The second kappa shape index (κ2) is 8.70. The van der Waals surface area contributed by atoms with Crippen LogP contribution >= 0.6 is 0 Å². The summed E-state index contributed by atoms with van der Waals surface area (Å²) in [5, 5.41) is 3.90. The first-order valence-electron chi connectivity index (χ1n) is 10.5. The molecular formula is C23H26F2N4O2. The third kappa shape index (κ3) is 4.30. The normalized spacial score (nSPS) is 16.9. The Labute approximate surface area is 179 Å². The number of halogens is 2. The van der Waals surface area contributed by atoms with Crippen molar-refractivity contribution in [2.45, 2.75) is 51.7 Å². The highest BCUT2D eigenvalue weighted by Crippen LogP contribution is 2.31. The lowest BCUT2D eigenvalue weighted by Crippen LogP contribution is -2.22. The molecule has 0 saturated carbocycles. The number of hydrogen-bond acceptors (Lipinski definition) is 5. The number of hydrogen-bond donors (Lipinski definition) is 2. The number of rotatable bonds is 5. The zero-order chi connectivity index (χ0) is 22.1. The standard InChI is InChI=1S/C23H26F2N4O2/c1-12(24)16-5-4-6-17(20(16)25)13(2)26-21-19-11-18(15-7-9-31-10-8-15)23(30)29-22(19)28-14(3)27-21/h4-6,11-13,15H,7-10H2,1-3H3,(H2,26,27,28,29,30)/t12?,13-/m1/s1. The Hall–Kier alpha value is -2.87. The molecule has 1 aromatic carbocycles. The summed E-state index contributed by atoms with van der Waals surface area (Å²) in [4.78, 5) is 24.4. The van der Waals surface area contributed by atoms with Crippen molar-refractivity contribution < 1.29 is 13.5 Å². The predicted octanol–water partition coefficient (Wildman–Crippen LogP) is 4.86. The number of fused-ring (bicyclic) bond motifs is 1. The second-order valence-corrected chi connectivity index (χ2v) is 8.05. The quantitative estimate of drug-likeness (QED) is 0.607. The smallest absolute Gasteiger partial charge is 0.253 e. The van der Waals surface area contributed by atoms with Gasteiger partial charge in [0.25, 0.3) is 5.56 Å². The molecule has 0 aliphatic carbocycles. The predicted molar refractivity (Wildman–Crippen MR) is 116 cm³/mol. The maximum atomic E-state index is 14.9. The lowest BCUT2D eigenvalue weighted by atomic mass is 9.92. The largest absolute Gasteiger partial charge is 0.381 e. The summed E-state index contributed by atoms with van der Waals surface area (Å²) in [7, 11) is 0. The van der Waals surface area contributed by atoms with E-state index >= 15 is 0 Å². The third-order valence-electron chi connectivity index (χ3n) is 5.82. The van der Waals surface area contributed by atoms with Crippen molar-refractivity contribution in [1.82, 2.24) is 15.0 Å². The topological polar surface area (TPSA) is 79.9 Å². The van der Waals surface area contributed by atoms with Crippen molar-refractivity contribution >= 4 is 16.9 Å². The van der Waals surface area contributed by atoms with Gasteiger partial charge in [0.05, 0.1) is 11.4 Å². The van der Waals surface area contributed by atoms with Gasteiger partial charge in [-0.3, -0.25) is 4.79 Å². The van der Waals surface area contributed by atoms with Gasteiger partial charge in [-0.15, -0.1) is 0 Å². The molecule has 0 radical (unpaired) electrons. The van der Waals surface area contributed by atoms with Crippen LogP contribution in [0.2, 0.25) is 0 Å². The Bertz CT molecular complexity index is 1160. The van der Waals surface area contributed by atoms with E-state index in [-0.39, 0.29) is 17.0 Å². The zero-order valence-electron chi connectivity index (χ0n) is 17.8. The van der Waals surface area contributed by atoms with Crippen LogP contribution in [0.1, 0.15) is 67.3 Å². The summed E-state index contributed by atoms with van der Waals surface area (Å²) < 4.78 is 34.0. The van der Waals surface area contributed by atoms with Gasteiger partial charge < -0.3 is 15.0 Å². The van der Waals surface area contributed by atoms with Crippen LogP contribution in [0.4, 0.5) is 14.6 Å². The SMILES string of the molecule is Cc1nc(N[C@H](C)c2cccc(C(C)F)c2F)c2cc(C3CCOCC3)c(=O)[nH]c2n1. The average molecular weight is 428 g/mol. The molecule has 1 aliphatic heterocycles. The minimum Gasteiger partial charge on any atom is -0.381 e. The molecule has 0 bridgehead atoms. The van der Waals surface area contributed by atoms with Crippen molar-refractivity contribution in [3.63, 3.8) is 0 Å². The minimum absolute atomic E-state index is 0.0287. The van der Waals surface area contributed by atoms with Crippen molar-refractivity contribution in [2.75, 3.05) is 18.5 Å². The van der Waals surface area contributed by atoms with E-state index in [0.717, 1.165) is 12.8 Å². The van der Waals surface area contributed by atoms with Crippen LogP contribution in [0.15, 0.2) is 29.1 Å². The van der Waals surface area contributed by atoms with E-state index < -0.39 is 18.0 Å². The molecule has 0 amide bonds. The number of benzene rings is 1. The monoisotopic (exact) mass is 428 g/mol. The van der Waals surface area contributed by atoms with Crippen LogP contribution in [0.5, 0.6) is 0 Å². The zero-order valence-corrected chi connectivity index (χ0v) is 17.8. The molecule has 1 aliphatic rings. The van der Waals surface area contributed by atoms with E-state index in [1.807, 2.05) is 6.07 Å². The first kappa shape index (κ1) is 21.4. The second-order valence-electron chi connectivity index (χ2n) is 8.05. The lowest BCUT2D eigenvalue weighted by Gasteiger charge is -2.22. The molecule has 164 valence electrons. The number of H-pyrrole nitrogens is 1. The number of nitrogens with zero attached hydrogens (tertiary/aromatic N) is 2. The molecular weight excluding hydrogens is 402 g/mol. The fourth-order valence-corrected chi connectivity index (χ4v) is 4.13. The molecule has 4 rings (SSSR count). The molecule has 31 heavy (non-hydrogen) atoms. The summed E-state index contributed by atoms with van der Waals surface area (Å²) >= 11 is 0. The third-order valence-corrected chi connectivity index (χ3v) is 5.82. The number of pyridine rings is 1. The molecule has 2 atom stereocenters. The maximum Gasteiger partial charge on any atom is 0.253 e. The summed E-state index contributed by atoms with van der Waals surface area (Å²) in [6, 6.07) is 6.08. The molecule has 8 heteroatoms. The van der Waals surface area contributed by atoms with Gasteiger partial charge in [-0.1, -0.05) is 18.2 Å². The number of nitrogens with one attached hydrogen (secondary N) is 2. The van der Waals surface area contributed by atoms with Gasteiger partial charge in [0.1, 0.15) is 29.3 Å². The van der Waals surface area contributed by atoms with Gasteiger partial charge >= 0.3 is 0 Å². The van der Waals surface area contributed by atoms with Crippen LogP contribution in [-0.4, -0.2) is 28.2 Å². The maximum absolute atomic E-state index is 14.9.